The van der Waals surface area contributed by atoms with Crippen LogP contribution < -0.4 is 16.0 Å². The molecule has 0 fully saturated rings. The molecule has 0 saturated heterocycles. The zero-order chi connectivity index (χ0) is 23.2. The number of phosphoric acid groups is 1. The smallest absolute Gasteiger partial charge is 0.387 e. The van der Waals surface area contributed by atoms with Crippen LogP contribution in [0, 0.1) is 0 Å². The maximum atomic E-state index is 11.4. The average Bonchev–Trinajstić information content (AvgIpc) is 2.65. The summed E-state index contributed by atoms with van der Waals surface area (Å²) in [7, 11) is -4.80. The topological polar surface area (TPSA) is 215 Å². The molecule has 14 heteroatoms. The predicted octanol–water partition coefficient (Wildman–Crippen LogP) is -1.81. The Labute approximate surface area is 174 Å². The highest BCUT2D eigenvalue weighted by Crippen LogP contribution is 2.38. The number of aliphatic hydroxyl groups excluding tert-OH is 3. The fraction of sp³-hybridized carbons (Fsp3) is 0.812. The van der Waals surface area contributed by atoms with Crippen LogP contribution in [0.1, 0.15) is 51.9 Å². The van der Waals surface area contributed by atoms with Crippen molar-refractivity contribution in [3.63, 3.8) is 0 Å². The van der Waals surface area contributed by atoms with Crippen LogP contribution in [-0.4, -0.2) is 74.5 Å². The molecule has 0 aromatic heterocycles. The minimum atomic E-state index is -4.80. The van der Waals surface area contributed by atoms with E-state index < -0.39 is 57.3 Å². The number of carbonyl (C=O) groups excluding carboxylic acids is 3. The summed E-state index contributed by atoms with van der Waals surface area (Å²) in [4.78, 5) is 51.8. The van der Waals surface area contributed by atoms with E-state index in [0.29, 0.717) is 38.5 Å². The first-order valence-corrected chi connectivity index (χ1v) is 11.0. The summed E-state index contributed by atoms with van der Waals surface area (Å²) in [5.74, 6) is -2.16. The summed E-state index contributed by atoms with van der Waals surface area (Å²) in [5, 5.41) is 33.6. The molecule has 1 atom stereocenters. The quantitative estimate of drug-likeness (QED) is 0.0738. The van der Waals surface area contributed by atoms with E-state index in [1.54, 1.807) is 6.92 Å². The Morgan fingerprint density at radius 1 is 0.867 bits per heavy atom. The molecule has 0 aromatic carbocycles. The molecule has 1 unspecified atom stereocenters. The van der Waals surface area contributed by atoms with Gasteiger partial charge in [0.25, 0.3) is 0 Å². The van der Waals surface area contributed by atoms with E-state index in [2.05, 4.69) is 20.5 Å². The van der Waals surface area contributed by atoms with Crippen molar-refractivity contribution in [3.8, 4) is 0 Å². The van der Waals surface area contributed by atoms with Crippen LogP contribution in [0.25, 0.3) is 0 Å². The lowest BCUT2D eigenvalue weighted by Gasteiger charge is -2.31. The Hall–Kier alpha value is -1.60. The zero-order valence-electron chi connectivity index (χ0n) is 16.9. The van der Waals surface area contributed by atoms with Crippen molar-refractivity contribution >= 4 is 25.5 Å². The molecule has 0 spiro atoms. The molecule has 8 N–H and O–H groups in total. The summed E-state index contributed by atoms with van der Waals surface area (Å²) in [6.45, 7) is -0.758. The van der Waals surface area contributed by atoms with Crippen LogP contribution >= 0.6 is 7.82 Å². The first kappa shape index (κ1) is 28.4. The van der Waals surface area contributed by atoms with E-state index in [-0.39, 0.29) is 6.42 Å². The standard InChI is InChI=1S/C16H32N3O10P/c1-16(18-13(24)10-21,19-14(25)11-22)8-6-4-2-3-5-7-15(17-12(23)9-20)29-30(26,27)28/h15,20-22H,2-11H2,1H3,(H,17,23)(H,18,24)(H,19,25)(H2,26,27,28). The fourth-order valence-electron chi connectivity index (χ4n) is 2.73. The number of hydrogen-bond acceptors (Lipinski definition) is 8. The van der Waals surface area contributed by atoms with Crippen molar-refractivity contribution in [2.24, 2.45) is 0 Å². The molecule has 3 amide bonds. The lowest BCUT2D eigenvalue weighted by atomic mass is 10.0. The largest absolute Gasteiger partial charge is 0.471 e. The number of carbonyl (C=O) groups is 3. The van der Waals surface area contributed by atoms with E-state index in [0.717, 1.165) is 0 Å². The van der Waals surface area contributed by atoms with E-state index >= 15 is 0 Å². The molecule has 13 nitrogen and oxygen atoms in total. The Morgan fingerprint density at radius 2 is 1.33 bits per heavy atom. The van der Waals surface area contributed by atoms with Gasteiger partial charge in [0, 0.05) is 0 Å². The fourth-order valence-corrected chi connectivity index (χ4v) is 3.22. The average molecular weight is 457 g/mol. The van der Waals surface area contributed by atoms with Crippen molar-refractivity contribution in [3.05, 3.63) is 0 Å². The summed E-state index contributed by atoms with van der Waals surface area (Å²) >= 11 is 0. The second-order valence-corrected chi connectivity index (χ2v) is 8.05. The Balaban J connectivity index is 4.36. The van der Waals surface area contributed by atoms with E-state index in [4.69, 9.17) is 25.1 Å². The van der Waals surface area contributed by atoms with Crippen LogP contribution in [0.4, 0.5) is 0 Å². The summed E-state index contributed by atoms with van der Waals surface area (Å²) < 4.78 is 15.4. The Kier molecular flexibility index (Phi) is 13.6. The molecule has 0 heterocycles. The minimum absolute atomic E-state index is 0.133. The van der Waals surface area contributed by atoms with Gasteiger partial charge in [-0.3, -0.25) is 18.9 Å². The van der Waals surface area contributed by atoms with Crippen LogP contribution in [0.15, 0.2) is 0 Å². The summed E-state index contributed by atoms with van der Waals surface area (Å²) in [5.41, 5.74) is -1.13. The molecule has 0 aliphatic carbocycles. The first-order chi connectivity index (χ1) is 13.9. The van der Waals surface area contributed by atoms with Gasteiger partial charge >= 0.3 is 7.82 Å². The minimum Gasteiger partial charge on any atom is -0.387 e. The number of rotatable bonds is 16. The van der Waals surface area contributed by atoms with Crippen LogP contribution in [0.3, 0.4) is 0 Å². The predicted molar refractivity (Wildman–Crippen MR) is 103 cm³/mol. The van der Waals surface area contributed by atoms with Crippen LogP contribution in [0.5, 0.6) is 0 Å². The third kappa shape index (κ3) is 14.4. The van der Waals surface area contributed by atoms with E-state index in [1.165, 1.54) is 0 Å². The molecular weight excluding hydrogens is 425 g/mol. The van der Waals surface area contributed by atoms with Gasteiger partial charge in [0.2, 0.25) is 17.7 Å². The number of nitrogens with one attached hydrogen (secondary N) is 3. The highest BCUT2D eigenvalue weighted by molar-refractivity contribution is 7.46. The van der Waals surface area contributed by atoms with Crippen molar-refractivity contribution in [1.82, 2.24) is 16.0 Å². The molecule has 0 aromatic rings. The molecular formula is C16H32N3O10P. The number of phosphoric ester groups is 1. The van der Waals surface area contributed by atoms with Crippen molar-refractivity contribution in [1.29, 1.82) is 0 Å². The molecule has 0 bridgehead atoms. The number of hydrogen-bond donors (Lipinski definition) is 8. The molecule has 0 saturated carbocycles. The van der Waals surface area contributed by atoms with Crippen LogP contribution in [0.2, 0.25) is 0 Å². The van der Waals surface area contributed by atoms with Crippen molar-refractivity contribution in [2.75, 3.05) is 19.8 Å². The van der Waals surface area contributed by atoms with Gasteiger partial charge in [0.1, 0.15) is 31.7 Å². The van der Waals surface area contributed by atoms with Gasteiger partial charge in [-0.15, -0.1) is 0 Å². The highest BCUT2D eigenvalue weighted by atomic mass is 31.2. The zero-order valence-corrected chi connectivity index (χ0v) is 17.8. The molecule has 0 rings (SSSR count). The second-order valence-electron chi connectivity index (χ2n) is 6.86. The summed E-state index contributed by atoms with van der Waals surface area (Å²) in [6, 6.07) is 0. The molecule has 176 valence electrons. The molecule has 0 radical (unpaired) electrons. The van der Waals surface area contributed by atoms with Crippen molar-refractivity contribution < 1.29 is 48.6 Å². The van der Waals surface area contributed by atoms with E-state index in [9.17, 15) is 18.9 Å². The maximum absolute atomic E-state index is 11.4. The Bertz CT molecular complexity index is 580. The van der Waals surface area contributed by atoms with Gasteiger partial charge in [-0.05, 0) is 32.6 Å². The van der Waals surface area contributed by atoms with Gasteiger partial charge in [0.15, 0.2) is 0 Å². The SMILES string of the molecule is CC(CCCCCCCC(NC(=O)CO)OP(=O)(O)O)(NC(=O)CO)NC(=O)CO. The second kappa shape index (κ2) is 14.4. The number of aliphatic hydroxyl groups is 3. The molecule has 0 aliphatic rings. The van der Waals surface area contributed by atoms with Gasteiger partial charge < -0.3 is 41.1 Å². The molecule has 0 aliphatic heterocycles. The number of amides is 3. The lowest BCUT2D eigenvalue weighted by molar-refractivity contribution is -0.130. The van der Waals surface area contributed by atoms with Gasteiger partial charge in [-0.1, -0.05) is 19.3 Å². The van der Waals surface area contributed by atoms with Gasteiger partial charge in [-0.2, -0.15) is 0 Å². The third-order valence-electron chi connectivity index (χ3n) is 3.99. The monoisotopic (exact) mass is 457 g/mol. The summed E-state index contributed by atoms with van der Waals surface area (Å²) in [6.07, 6.45) is 2.40. The maximum Gasteiger partial charge on any atom is 0.471 e. The molecule has 30 heavy (non-hydrogen) atoms. The lowest BCUT2D eigenvalue weighted by Crippen LogP contribution is -2.59. The number of unbranched alkanes of at least 4 members (excludes halogenated alkanes) is 4. The van der Waals surface area contributed by atoms with Gasteiger partial charge in [0.05, 0.1) is 0 Å². The Morgan fingerprint density at radius 3 is 1.80 bits per heavy atom. The van der Waals surface area contributed by atoms with Crippen molar-refractivity contribution in [2.45, 2.75) is 63.8 Å². The first-order valence-electron chi connectivity index (χ1n) is 9.42. The van der Waals surface area contributed by atoms with Gasteiger partial charge in [-0.25, -0.2) is 4.57 Å². The highest BCUT2D eigenvalue weighted by Gasteiger charge is 2.27. The van der Waals surface area contributed by atoms with Crippen LogP contribution in [-0.2, 0) is 23.5 Å². The van der Waals surface area contributed by atoms with E-state index in [1.807, 2.05) is 0 Å². The third-order valence-corrected chi connectivity index (χ3v) is 4.52. The normalized spacial score (nSPS) is 12.9.